The maximum absolute atomic E-state index is 3.80. The van der Waals surface area contributed by atoms with E-state index in [1.807, 2.05) is 12.1 Å². The number of rotatable bonds is 5. The highest BCUT2D eigenvalue weighted by molar-refractivity contribution is 5.40. The Bertz CT molecular complexity index is 552. The van der Waals surface area contributed by atoms with Crippen molar-refractivity contribution in [3.8, 4) is 5.69 Å². The zero-order chi connectivity index (χ0) is 13.8. The van der Waals surface area contributed by atoms with Gasteiger partial charge >= 0.3 is 0 Å². The molecule has 2 heteroatoms. The van der Waals surface area contributed by atoms with Gasteiger partial charge in [0.25, 0.3) is 0 Å². The standard InChI is InChI=1S/C17H22N2/c1-5-13(2)18-12-16-11-14(3)19(15(16)4)17-9-7-6-8-10-17/h5-11,13,18H,1,12H2,2-4H3. The first-order valence-corrected chi connectivity index (χ1v) is 6.72. The largest absolute Gasteiger partial charge is 0.318 e. The van der Waals surface area contributed by atoms with Crippen LogP contribution in [0.25, 0.3) is 5.69 Å². The Morgan fingerprint density at radius 1 is 1.26 bits per heavy atom. The average Bonchev–Trinajstić information content (AvgIpc) is 2.71. The van der Waals surface area contributed by atoms with Gasteiger partial charge in [0.1, 0.15) is 0 Å². The molecule has 0 saturated heterocycles. The third kappa shape index (κ3) is 2.96. The molecule has 0 radical (unpaired) electrons. The van der Waals surface area contributed by atoms with E-state index in [4.69, 9.17) is 0 Å². The second-order valence-electron chi connectivity index (χ2n) is 4.97. The molecule has 0 aliphatic rings. The van der Waals surface area contributed by atoms with Gasteiger partial charge in [0, 0.05) is 29.7 Å². The average molecular weight is 254 g/mol. The second-order valence-corrected chi connectivity index (χ2v) is 4.97. The maximum Gasteiger partial charge on any atom is 0.0455 e. The summed E-state index contributed by atoms with van der Waals surface area (Å²) in [7, 11) is 0. The Morgan fingerprint density at radius 3 is 2.58 bits per heavy atom. The van der Waals surface area contributed by atoms with E-state index in [9.17, 15) is 0 Å². The predicted octanol–water partition coefficient (Wildman–Crippen LogP) is 3.76. The van der Waals surface area contributed by atoms with Crippen molar-refractivity contribution >= 4 is 0 Å². The minimum atomic E-state index is 0.333. The molecule has 100 valence electrons. The Morgan fingerprint density at radius 2 is 1.95 bits per heavy atom. The number of para-hydroxylation sites is 1. The Kier molecular flexibility index (Phi) is 4.23. The molecule has 0 amide bonds. The van der Waals surface area contributed by atoms with E-state index in [0.29, 0.717) is 6.04 Å². The molecule has 1 aromatic carbocycles. The molecule has 2 aromatic rings. The molecule has 2 rings (SSSR count). The van der Waals surface area contributed by atoms with Crippen molar-refractivity contribution in [2.75, 3.05) is 0 Å². The highest BCUT2D eigenvalue weighted by atomic mass is 15.0. The van der Waals surface area contributed by atoms with Gasteiger partial charge in [-0.2, -0.15) is 0 Å². The van der Waals surface area contributed by atoms with E-state index >= 15 is 0 Å². The molecular formula is C17H22N2. The highest BCUT2D eigenvalue weighted by Gasteiger charge is 2.10. The Balaban J connectivity index is 2.27. The van der Waals surface area contributed by atoms with Crippen molar-refractivity contribution < 1.29 is 0 Å². The van der Waals surface area contributed by atoms with Crippen molar-refractivity contribution in [3.63, 3.8) is 0 Å². The van der Waals surface area contributed by atoms with Gasteiger partial charge in [-0.05, 0) is 44.5 Å². The summed E-state index contributed by atoms with van der Waals surface area (Å²) < 4.78 is 2.30. The van der Waals surface area contributed by atoms with Gasteiger partial charge in [-0.25, -0.2) is 0 Å². The van der Waals surface area contributed by atoms with Gasteiger partial charge in [-0.3, -0.25) is 0 Å². The first-order chi connectivity index (χ1) is 9.13. The smallest absolute Gasteiger partial charge is 0.0455 e. The molecule has 0 aliphatic heterocycles. The van der Waals surface area contributed by atoms with E-state index in [2.05, 4.69) is 67.6 Å². The van der Waals surface area contributed by atoms with Crippen LogP contribution in [0.15, 0.2) is 49.1 Å². The minimum absolute atomic E-state index is 0.333. The van der Waals surface area contributed by atoms with Crippen molar-refractivity contribution in [2.45, 2.75) is 33.4 Å². The fourth-order valence-corrected chi connectivity index (χ4v) is 2.34. The molecular weight excluding hydrogens is 232 g/mol. The van der Waals surface area contributed by atoms with Crippen molar-refractivity contribution in [3.05, 3.63) is 66.0 Å². The lowest BCUT2D eigenvalue weighted by Crippen LogP contribution is -2.23. The molecule has 1 atom stereocenters. The van der Waals surface area contributed by atoms with Crippen LogP contribution in [-0.2, 0) is 6.54 Å². The SMILES string of the molecule is C=CC(C)NCc1cc(C)n(-c2ccccc2)c1C. The zero-order valence-electron chi connectivity index (χ0n) is 12.0. The van der Waals surface area contributed by atoms with Crippen LogP contribution in [0.4, 0.5) is 0 Å². The van der Waals surface area contributed by atoms with Crippen molar-refractivity contribution in [2.24, 2.45) is 0 Å². The quantitative estimate of drug-likeness (QED) is 0.804. The number of hydrogen-bond acceptors (Lipinski definition) is 1. The van der Waals surface area contributed by atoms with Crippen LogP contribution in [0.2, 0.25) is 0 Å². The molecule has 0 saturated carbocycles. The van der Waals surface area contributed by atoms with Crippen molar-refractivity contribution in [1.29, 1.82) is 0 Å². The lowest BCUT2D eigenvalue weighted by Gasteiger charge is -2.11. The molecule has 2 nitrogen and oxygen atoms in total. The fraction of sp³-hybridized carbons (Fsp3) is 0.294. The Labute approximate surface area is 115 Å². The third-order valence-electron chi connectivity index (χ3n) is 3.52. The van der Waals surface area contributed by atoms with Crippen molar-refractivity contribution in [1.82, 2.24) is 9.88 Å². The monoisotopic (exact) mass is 254 g/mol. The zero-order valence-corrected chi connectivity index (χ0v) is 12.0. The number of nitrogens with one attached hydrogen (secondary N) is 1. The van der Waals surface area contributed by atoms with E-state index in [0.717, 1.165) is 6.54 Å². The maximum atomic E-state index is 3.80. The van der Waals surface area contributed by atoms with Gasteiger partial charge in [-0.15, -0.1) is 6.58 Å². The molecule has 0 fully saturated rings. The lowest BCUT2D eigenvalue weighted by atomic mass is 10.2. The van der Waals surface area contributed by atoms with E-state index < -0.39 is 0 Å². The molecule has 19 heavy (non-hydrogen) atoms. The number of aryl methyl sites for hydroxylation is 1. The van der Waals surface area contributed by atoms with Gasteiger partial charge in [0.2, 0.25) is 0 Å². The third-order valence-corrected chi connectivity index (χ3v) is 3.52. The van der Waals surface area contributed by atoms with Crippen LogP contribution in [0.3, 0.4) is 0 Å². The normalized spacial score (nSPS) is 12.4. The molecule has 1 unspecified atom stereocenters. The topological polar surface area (TPSA) is 17.0 Å². The van der Waals surface area contributed by atoms with Gasteiger partial charge in [0.05, 0.1) is 0 Å². The molecule has 0 bridgehead atoms. The molecule has 1 aromatic heterocycles. The molecule has 1 N–H and O–H groups in total. The minimum Gasteiger partial charge on any atom is -0.318 e. The summed E-state index contributed by atoms with van der Waals surface area (Å²) in [5, 5.41) is 3.45. The van der Waals surface area contributed by atoms with Crippen LogP contribution < -0.4 is 5.32 Å². The molecule has 1 heterocycles. The predicted molar refractivity (Wildman–Crippen MR) is 81.7 cm³/mol. The fourth-order valence-electron chi connectivity index (χ4n) is 2.34. The second kappa shape index (κ2) is 5.89. The van der Waals surface area contributed by atoms with E-state index in [-0.39, 0.29) is 0 Å². The van der Waals surface area contributed by atoms with E-state index in [1.54, 1.807) is 0 Å². The number of aromatic nitrogens is 1. The van der Waals surface area contributed by atoms with Crippen LogP contribution in [-0.4, -0.2) is 10.6 Å². The number of nitrogens with zero attached hydrogens (tertiary/aromatic N) is 1. The summed E-state index contributed by atoms with van der Waals surface area (Å²) in [6, 6.07) is 13.1. The van der Waals surface area contributed by atoms with Crippen LogP contribution in [0.5, 0.6) is 0 Å². The highest BCUT2D eigenvalue weighted by Crippen LogP contribution is 2.20. The summed E-state index contributed by atoms with van der Waals surface area (Å²) >= 11 is 0. The summed E-state index contributed by atoms with van der Waals surface area (Å²) in [5.74, 6) is 0. The lowest BCUT2D eigenvalue weighted by molar-refractivity contribution is 0.632. The summed E-state index contributed by atoms with van der Waals surface area (Å²) in [4.78, 5) is 0. The molecule has 0 spiro atoms. The van der Waals surface area contributed by atoms with Gasteiger partial charge in [-0.1, -0.05) is 24.3 Å². The summed E-state index contributed by atoms with van der Waals surface area (Å²) in [5.41, 5.74) is 5.13. The molecule has 0 aliphatic carbocycles. The number of benzene rings is 1. The van der Waals surface area contributed by atoms with Crippen LogP contribution >= 0.6 is 0 Å². The first-order valence-electron chi connectivity index (χ1n) is 6.72. The first kappa shape index (κ1) is 13.6. The summed E-state index contributed by atoms with van der Waals surface area (Å²) in [6.07, 6.45) is 1.93. The number of hydrogen-bond donors (Lipinski definition) is 1. The van der Waals surface area contributed by atoms with Gasteiger partial charge in [0.15, 0.2) is 0 Å². The van der Waals surface area contributed by atoms with Crippen LogP contribution in [0, 0.1) is 13.8 Å². The van der Waals surface area contributed by atoms with Gasteiger partial charge < -0.3 is 9.88 Å². The summed E-state index contributed by atoms with van der Waals surface area (Å²) in [6.45, 7) is 11.1. The Hall–Kier alpha value is -1.80. The van der Waals surface area contributed by atoms with E-state index in [1.165, 1.54) is 22.6 Å². The van der Waals surface area contributed by atoms with Crippen LogP contribution in [0.1, 0.15) is 23.9 Å².